The monoisotopic (exact) mass is 598 g/mol. The highest BCUT2D eigenvalue weighted by molar-refractivity contribution is 7.86. The van der Waals surface area contributed by atoms with Crippen LogP contribution in [-0.2, 0) is 19.6 Å². The van der Waals surface area contributed by atoms with E-state index in [1.165, 1.54) is 0 Å². The molecule has 12 heteroatoms. The van der Waals surface area contributed by atoms with Gasteiger partial charge in [0, 0.05) is 12.8 Å². The third-order valence-electron chi connectivity index (χ3n) is 11.7. The van der Waals surface area contributed by atoms with E-state index in [0.717, 1.165) is 25.7 Å². The number of carbonyl (C=O) groups is 1. The number of halogens is 3. The number of rotatable bonds is 9. The molecular formula is C28H45F3O8S. The zero-order valence-electron chi connectivity index (χ0n) is 23.5. The van der Waals surface area contributed by atoms with Crippen LogP contribution < -0.4 is 0 Å². The maximum absolute atomic E-state index is 13.6. The van der Waals surface area contributed by atoms with Gasteiger partial charge in [-0.05, 0) is 97.7 Å². The fourth-order valence-electron chi connectivity index (χ4n) is 9.36. The van der Waals surface area contributed by atoms with Gasteiger partial charge in [0.2, 0.25) is 0 Å². The average molecular weight is 599 g/mol. The largest absolute Gasteiger partial charge is 0.466 e. The Morgan fingerprint density at radius 2 is 1.73 bits per heavy atom. The molecule has 0 aromatic carbocycles. The smallest absolute Gasteiger partial charge is 0.400 e. The van der Waals surface area contributed by atoms with E-state index < -0.39 is 58.2 Å². The van der Waals surface area contributed by atoms with Gasteiger partial charge in [0.05, 0.1) is 24.9 Å². The molecule has 4 aliphatic rings. The summed E-state index contributed by atoms with van der Waals surface area (Å²) in [5, 5.41) is 28.3. The first kappa shape index (κ1) is 32.0. The molecule has 0 bridgehead atoms. The van der Waals surface area contributed by atoms with E-state index in [0.29, 0.717) is 25.7 Å². The van der Waals surface area contributed by atoms with Crippen LogP contribution in [0.4, 0.5) is 13.2 Å². The molecule has 0 aromatic rings. The third-order valence-corrected chi connectivity index (χ3v) is 12.6. The normalized spacial score (nSPS) is 43.2. The van der Waals surface area contributed by atoms with Crippen LogP contribution in [0.25, 0.3) is 0 Å². The van der Waals surface area contributed by atoms with Crippen molar-refractivity contribution in [3.8, 4) is 0 Å². The molecule has 0 saturated heterocycles. The van der Waals surface area contributed by atoms with Gasteiger partial charge in [0.25, 0.3) is 0 Å². The minimum Gasteiger partial charge on any atom is -0.466 e. The predicted molar refractivity (Wildman–Crippen MR) is 139 cm³/mol. The van der Waals surface area contributed by atoms with Crippen molar-refractivity contribution in [1.29, 1.82) is 0 Å². The summed E-state index contributed by atoms with van der Waals surface area (Å²) in [4.78, 5) is 12.2. The fourth-order valence-corrected chi connectivity index (χ4v) is 9.80. The molecule has 0 aromatic heterocycles. The first-order chi connectivity index (χ1) is 18.4. The van der Waals surface area contributed by atoms with E-state index >= 15 is 0 Å². The van der Waals surface area contributed by atoms with E-state index in [2.05, 4.69) is 13.8 Å². The number of aliphatic hydroxyl groups is 3. The van der Waals surface area contributed by atoms with Gasteiger partial charge in [-0.2, -0.15) is 17.2 Å². The molecule has 8 nitrogen and oxygen atoms in total. The predicted octanol–water partition coefficient (Wildman–Crippen LogP) is 4.12. The van der Waals surface area contributed by atoms with Crippen LogP contribution in [0.2, 0.25) is 0 Å². The second kappa shape index (κ2) is 11.3. The topological polar surface area (TPSA) is 141 Å². The Labute approximate surface area is 234 Å². The lowest BCUT2D eigenvalue weighted by atomic mass is 9.43. The van der Waals surface area contributed by atoms with Crippen LogP contribution >= 0.6 is 0 Å². The number of hydrogen-bond acceptors (Lipinski definition) is 7. The van der Waals surface area contributed by atoms with Gasteiger partial charge in [0.1, 0.15) is 0 Å². The second-order valence-electron chi connectivity index (χ2n) is 13.6. The summed E-state index contributed by atoms with van der Waals surface area (Å²) >= 11 is 0. The molecule has 4 rings (SSSR count). The van der Waals surface area contributed by atoms with Gasteiger partial charge in [-0.3, -0.25) is 9.35 Å². The van der Waals surface area contributed by atoms with E-state index in [1.54, 1.807) is 0 Å². The minimum atomic E-state index is -5.92. The molecule has 0 heterocycles. The fraction of sp³-hybridized carbons (Fsp3) is 0.964. The van der Waals surface area contributed by atoms with E-state index in [4.69, 9.17) is 9.29 Å². The molecular weight excluding hydrogens is 553 g/mol. The van der Waals surface area contributed by atoms with Gasteiger partial charge < -0.3 is 20.1 Å². The summed E-state index contributed by atoms with van der Waals surface area (Å²) in [6, 6.07) is 0. The Balaban J connectivity index is 1.35. The van der Waals surface area contributed by atoms with Gasteiger partial charge >= 0.3 is 21.3 Å². The molecule has 4 aliphatic carbocycles. The molecule has 0 amide bonds. The first-order valence-corrected chi connectivity index (χ1v) is 16.1. The van der Waals surface area contributed by atoms with Crippen molar-refractivity contribution < 1.29 is 51.0 Å². The summed E-state index contributed by atoms with van der Waals surface area (Å²) in [7, 11) is -5.92. The zero-order chi connectivity index (χ0) is 29.8. The van der Waals surface area contributed by atoms with Crippen LogP contribution in [-0.4, -0.2) is 70.6 Å². The summed E-state index contributed by atoms with van der Waals surface area (Å²) < 4.78 is 74.9. The number of carbonyl (C=O) groups excluding carboxylic acids is 1. The Morgan fingerprint density at radius 1 is 1.05 bits per heavy atom. The Hall–Kier alpha value is -0.950. The minimum absolute atomic E-state index is 0.0143. The summed E-state index contributed by atoms with van der Waals surface area (Å²) in [6.45, 7) is 5.64. The highest BCUT2D eigenvalue weighted by Crippen LogP contribution is 2.68. The molecule has 40 heavy (non-hydrogen) atoms. The Kier molecular flexibility index (Phi) is 9.02. The van der Waals surface area contributed by atoms with Crippen LogP contribution in [0, 0.1) is 46.3 Å². The molecule has 0 spiro atoms. The second-order valence-corrected chi connectivity index (χ2v) is 15.0. The standard InChI is InChI=1S/C28H45F3O8S/c1-15(4-7-24(35)39-11-9-22(29)28(30,31)40(36,37)38)18-5-6-19-25-20(14-23(34)27(18,19)3)26(2)10-8-17(32)12-16(26)13-21(25)33/h15-23,25,32-34H,4-14H2,1-3H3,(H,36,37,38)/t15-,16?,17?,18-,19?,20?,21?,22?,23?,25?,26+,27-/m1/s1. The van der Waals surface area contributed by atoms with E-state index in [9.17, 15) is 41.7 Å². The Morgan fingerprint density at radius 3 is 2.38 bits per heavy atom. The molecule has 8 unspecified atom stereocenters. The van der Waals surface area contributed by atoms with E-state index in [1.807, 2.05) is 6.92 Å². The zero-order valence-corrected chi connectivity index (χ0v) is 24.3. The lowest BCUT2D eigenvalue weighted by Crippen LogP contribution is -2.62. The number of fused-ring (bicyclic) bond motifs is 5. The van der Waals surface area contributed by atoms with Gasteiger partial charge in [-0.25, -0.2) is 4.39 Å². The van der Waals surface area contributed by atoms with Gasteiger partial charge in [-0.1, -0.05) is 20.8 Å². The molecule has 232 valence electrons. The molecule has 4 saturated carbocycles. The van der Waals surface area contributed by atoms with Crippen LogP contribution in [0.5, 0.6) is 0 Å². The number of hydrogen-bond donors (Lipinski definition) is 4. The lowest BCUT2D eigenvalue weighted by molar-refractivity contribution is -0.207. The summed E-state index contributed by atoms with van der Waals surface area (Å²) in [6.07, 6.45) is -0.00481. The number of aliphatic hydroxyl groups excluding tert-OH is 3. The first-order valence-electron chi connectivity index (χ1n) is 14.6. The van der Waals surface area contributed by atoms with Gasteiger partial charge in [0.15, 0.2) is 6.17 Å². The highest BCUT2D eigenvalue weighted by Gasteiger charge is 2.65. The van der Waals surface area contributed by atoms with Crippen molar-refractivity contribution in [2.24, 2.45) is 46.3 Å². The van der Waals surface area contributed by atoms with Crippen LogP contribution in [0.15, 0.2) is 0 Å². The number of ether oxygens (including phenoxy) is 1. The molecule has 4 fully saturated rings. The van der Waals surface area contributed by atoms with Crippen LogP contribution in [0.1, 0.15) is 85.0 Å². The van der Waals surface area contributed by atoms with Crippen molar-refractivity contribution in [3.05, 3.63) is 0 Å². The SMILES string of the molecule is C[C@H](CCC(=O)OCCC(F)C(F)(F)S(=O)(=O)O)[C@H]1CCC2C3C(O)CC4CC(O)CC[C@]4(C)C3CC(O)[C@@]21C. The summed E-state index contributed by atoms with van der Waals surface area (Å²) in [5.41, 5.74) is -0.464. The van der Waals surface area contributed by atoms with Crippen molar-refractivity contribution >= 4 is 16.1 Å². The Bertz CT molecular complexity index is 1040. The maximum atomic E-state index is 13.6. The van der Waals surface area contributed by atoms with Crippen molar-refractivity contribution in [2.75, 3.05) is 6.61 Å². The molecule has 12 atom stereocenters. The molecule has 0 aliphatic heterocycles. The van der Waals surface area contributed by atoms with Crippen molar-refractivity contribution in [1.82, 2.24) is 0 Å². The van der Waals surface area contributed by atoms with E-state index in [-0.39, 0.29) is 53.4 Å². The number of alkyl halides is 3. The highest BCUT2D eigenvalue weighted by atomic mass is 32.2. The lowest BCUT2D eigenvalue weighted by Gasteiger charge is -2.63. The number of esters is 1. The average Bonchev–Trinajstić information content (AvgIpc) is 3.22. The molecule has 4 N–H and O–H groups in total. The third kappa shape index (κ3) is 5.44. The maximum Gasteiger partial charge on any atom is 0.400 e. The van der Waals surface area contributed by atoms with Gasteiger partial charge in [-0.15, -0.1) is 0 Å². The quantitative estimate of drug-likeness (QED) is 0.230. The van der Waals surface area contributed by atoms with Crippen molar-refractivity contribution in [3.63, 3.8) is 0 Å². The summed E-state index contributed by atoms with van der Waals surface area (Å²) in [5.74, 6) is -0.0000659. The van der Waals surface area contributed by atoms with Crippen molar-refractivity contribution in [2.45, 2.75) is 115 Å². The van der Waals surface area contributed by atoms with Crippen LogP contribution in [0.3, 0.4) is 0 Å². The molecule has 0 radical (unpaired) electrons.